The molecule has 0 unspecified atom stereocenters. The third-order valence-corrected chi connectivity index (χ3v) is 4.13. The SMILES string of the molecule is CCc1ccc(OCC(=O)Nc2ccc(Cl)c([N+](=O)[O-])c2)c(Br)c1. The summed E-state index contributed by atoms with van der Waals surface area (Å²) in [6, 6.07) is 9.67. The highest BCUT2D eigenvalue weighted by Crippen LogP contribution is 2.28. The van der Waals surface area contributed by atoms with Crippen molar-refractivity contribution in [2.75, 3.05) is 11.9 Å². The van der Waals surface area contributed by atoms with Crippen molar-refractivity contribution in [1.82, 2.24) is 0 Å². The van der Waals surface area contributed by atoms with Crippen LogP contribution in [0.4, 0.5) is 11.4 Å². The molecule has 0 heterocycles. The van der Waals surface area contributed by atoms with Crippen LogP contribution in [-0.2, 0) is 11.2 Å². The zero-order valence-corrected chi connectivity index (χ0v) is 15.1. The van der Waals surface area contributed by atoms with Crippen molar-refractivity contribution in [2.45, 2.75) is 13.3 Å². The van der Waals surface area contributed by atoms with Gasteiger partial charge in [0, 0.05) is 11.8 Å². The average Bonchev–Trinajstić information content (AvgIpc) is 2.55. The van der Waals surface area contributed by atoms with Crippen molar-refractivity contribution in [3.63, 3.8) is 0 Å². The van der Waals surface area contributed by atoms with E-state index in [-0.39, 0.29) is 23.0 Å². The number of carbonyl (C=O) groups excluding carboxylic acids is 1. The van der Waals surface area contributed by atoms with E-state index in [1.165, 1.54) is 18.2 Å². The molecule has 0 saturated heterocycles. The van der Waals surface area contributed by atoms with Crippen molar-refractivity contribution in [3.8, 4) is 5.75 Å². The van der Waals surface area contributed by atoms with E-state index in [9.17, 15) is 14.9 Å². The van der Waals surface area contributed by atoms with Crippen LogP contribution in [0.5, 0.6) is 5.75 Å². The van der Waals surface area contributed by atoms with Crippen LogP contribution in [-0.4, -0.2) is 17.4 Å². The molecule has 0 spiro atoms. The number of aryl methyl sites for hydroxylation is 1. The lowest BCUT2D eigenvalue weighted by molar-refractivity contribution is -0.384. The van der Waals surface area contributed by atoms with Crippen LogP contribution in [0.15, 0.2) is 40.9 Å². The van der Waals surface area contributed by atoms with Crippen LogP contribution < -0.4 is 10.1 Å². The maximum Gasteiger partial charge on any atom is 0.289 e. The number of anilines is 1. The van der Waals surface area contributed by atoms with Crippen molar-refractivity contribution in [1.29, 1.82) is 0 Å². The van der Waals surface area contributed by atoms with Crippen molar-refractivity contribution >= 4 is 44.8 Å². The highest BCUT2D eigenvalue weighted by atomic mass is 79.9. The number of amides is 1. The topological polar surface area (TPSA) is 81.5 Å². The van der Waals surface area contributed by atoms with Crippen LogP contribution >= 0.6 is 27.5 Å². The zero-order chi connectivity index (χ0) is 17.7. The van der Waals surface area contributed by atoms with E-state index in [2.05, 4.69) is 21.2 Å². The molecule has 126 valence electrons. The molecule has 0 saturated carbocycles. The number of nitro groups is 1. The first kappa shape index (κ1) is 18.2. The lowest BCUT2D eigenvalue weighted by Gasteiger charge is -2.10. The Morgan fingerprint density at radius 2 is 2.08 bits per heavy atom. The molecule has 0 aliphatic rings. The van der Waals surface area contributed by atoms with E-state index in [4.69, 9.17) is 16.3 Å². The predicted octanol–water partition coefficient (Wildman–Crippen LogP) is 4.59. The third kappa shape index (κ3) is 4.69. The largest absolute Gasteiger partial charge is 0.483 e. The molecule has 0 aromatic heterocycles. The lowest BCUT2D eigenvalue weighted by atomic mass is 10.2. The molecule has 0 fully saturated rings. The summed E-state index contributed by atoms with van der Waals surface area (Å²) in [5.41, 5.74) is 1.15. The molecule has 2 aromatic carbocycles. The molecule has 0 radical (unpaired) electrons. The molecule has 8 heteroatoms. The Bertz CT molecular complexity index is 783. The molecule has 2 aromatic rings. The molecule has 1 amide bonds. The van der Waals surface area contributed by atoms with Gasteiger partial charge in [-0.15, -0.1) is 0 Å². The summed E-state index contributed by atoms with van der Waals surface area (Å²) in [4.78, 5) is 22.2. The Balaban J connectivity index is 1.99. The Morgan fingerprint density at radius 3 is 2.71 bits per heavy atom. The number of hydrogen-bond acceptors (Lipinski definition) is 4. The van der Waals surface area contributed by atoms with Crippen LogP contribution in [0.2, 0.25) is 5.02 Å². The lowest BCUT2D eigenvalue weighted by Crippen LogP contribution is -2.20. The molecule has 0 aliphatic carbocycles. The van der Waals surface area contributed by atoms with Gasteiger partial charge in [0.05, 0.1) is 9.40 Å². The van der Waals surface area contributed by atoms with Crippen molar-refractivity contribution < 1.29 is 14.5 Å². The molecule has 2 rings (SSSR count). The van der Waals surface area contributed by atoms with Gasteiger partial charge >= 0.3 is 0 Å². The number of carbonyl (C=O) groups is 1. The van der Waals surface area contributed by atoms with Crippen molar-refractivity contribution in [3.05, 3.63) is 61.6 Å². The minimum absolute atomic E-state index is 0.00851. The molecule has 0 bridgehead atoms. The average molecular weight is 414 g/mol. The van der Waals surface area contributed by atoms with E-state index in [1.54, 1.807) is 6.07 Å². The minimum Gasteiger partial charge on any atom is -0.483 e. The van der Waals surface area contributed by atoms with Crippen LogP contribution in [0.3, 0.4) is 0 Å². The van der Waals surface area contributed by atoms with Gasteiger partial charge in [0.1, 0.15) is 10.8 Å². The highest BCUT2D eigenvalue weighted by molar-refractivity contribution is 9.10. The molecule has 6 nitrogen and oxygen atoms in total. The third-order valence-electron chi connectivity index (χ3n) is 3.19. The fraction of sp³-hybridized carbons (Fsp3) is 0.188. The van der Waals surface area contributed by atoms with E-state index < -0.39 is 10.8 Å². The van der Waals surface area contributed by atoms with Crippen LogP contribution in [0.25, 0.3) is 0 Å². The summed E-state index contributed by atoms with van der Waals surface area (Å²) in [5.74, 6) is 0.113. The van der Waals surface area contributed by atoms with Gasteiger partial charge in [0.2, 0.25) is 0 Å². The van der Waals surface area contributed by atoms with Gasteiger partial charge < -0.3 is 10.1 Å². The molecular formula is C16H14BrClN2O4. The Labute approximate surface area is 152 Å². The van der Waals surface area contributed by atoms with Gasteiger partial charge in [-0.1, -0.05) is 24.6 Å². The standard InChI is InChI=1S/C16H14BrClN2O4/c1-2-10-3-6-15(12(17)7-10)24-9-16(21)19-11-4-5-13(18)14(8-11)20(22)23/h3-8H,2,9H2,1H3,(H,19,21). The van der Waals surface area contributed by atoms with Gasteiger partial charge in [-0.3, -0.25) is 14.9 Å². The Kier molecular flexibility index (Phi) is 6.16. The number of benzene rings is 2. The minimum atomic E-state index is -0.610. The van der Waals surface area contributed by atoms with Crippen LogP contribution in [0, 0.1) is 10.1 Å². The second-order valence-electron chi connectivity index (χ2n) is 4.88. The van der Waals surface area contributed by atoms with Gasteiger partial charge in [0.15, 0.2) is 6.61 Å². The summed E-state index contributed by atoms with van der Waals surface area (Å²) in [7, 11) is 0. The van der Waals surface area contributed by atoms with E-state index >= 15 is 0 Å². The fourth-order valence-electron chi connectivity index (χ4n) is 1.95. The maximum absolute atomic E-state index is 11.9. The number of nitrogens with one attached hydrogen (secondary N) is 1. The maximum atomic E-state index is 11.9. The first-order valence-corrected chi connectivity index (χ1v) is 8.22. The second kappa shape index (κ2) is 8.12. The monoisotopic (exact) mass is 412 g/mol. The van der Waals surface area contributed by atoms with Crippen molar-refractivity contribution in [2.24, 2.45) is 0 Å². The first-order valence-electron chi connectivity index (χ1n) is 7.05. The summed E-state index contributed by atoms with van der Waals surface area (Å²) in [6.45, 7) is 1.82. The van der Waals surface area contributed by atoms with Crippen LogP contribution in [0.1, 0.15) is 12.5 Å². The second-order valence-corrected chi connectivity index (χ2v) is 6.14. The van der Waals surface area contributed by atoms with Gasteiger partial charge in [-0.05, 0) is 52.2 Å². The smallest absolute Gasteiger partial charge is 0.289 e. The summed E-state index contributed by atoms with van der Waals surface area (Å²) in [6.07, 6.45) is 0.898. The molecule has 0 aliphatic heterocycles. The quantitative estimate of drug-likeness (QED) is 0.555. The Hall–Kier alpha value is -2.12. The highest BCUT2D eigenvalue weighted by Gasteiger charge is 2.14. The van der Waals surface area contributed by atoms with E-state index in [0.717, 1.165) is 16.5 Å². The molecule has 24 heavy (non-hydrogen) atoms. The van der Waals surface area contributed by atoms with Gasteiger partial charge in [-0.2, -0.15) is 0 Å². The normalized spacial score (nSPS) is 10.3. The van der Waals surface area contributed by atoms with E-state index in [0.29, 0.717) is 5.75 Å². The Morgan fingerprint density at radius 1 is 1.33 bits per heavy atom. The number of nitrogens with zero attached hydrogens (tertiary/aromatic N) is 1. The predicted molar refractivity (Wildman–Crippen MR) is 95.8 cm³/mol. The number of hydrogen-bond donors (Lipinski definition) is 1. The number of ether oxygens (including phenoxy) is 1. The van der Waals surface area contributed by atoms with E-state index in [1.807, 2.05) is 19.1 Å². The zero-order valence-electron chi connectivity index (χ0n) is 12.7. The molecule has 1 N–H and O–H groups in total. The fourth-order valence-corrected chi connectivity index (χ4v) is 2.68. The summed E-state index contributed by atoms with van der Waals surface area (Å²) >= 11 is 9.12. The molecule has 0 atom stereocenters. The first-order chi connectivity index (χ1) is 11.4. The number of nitro benzene ring substituents is 1. The van der Waals surface area contributed by atoms with Gasteiger partial charge in [0.25, 0.3) is 11.6 Å². The number of halogens is 2. The summed E-state index contributed by atoms with van der Waals surface area (Å²) < 4.78 is 6.21. The molecular weight excluding hydrogens is 400 g/mol. The summed E-state index contributed by atoms with van der Waals surface area (Å²) in [5, 5.41) is 13.4. The van der Waals surface area contributed by atoms with Gasteiger partial charge in [-0.25, -0.2) is 0 Å². The number of rotatable bonds is 6.